The van der Waals surface area contributed by atoms with Gasteiger partial charge in [0.05, 0.1) is 12.6 Å². The Kier molecular flexibility index (Phi) is 4.34. The summed E-state index contributed by atoms with van der Waals surface area (Å²) in [5.41, 5.74) is 2.12. The van der Waals surface area contributed by atoms with E-state index in [9.17, 15) is 4.79 Å². The largest absolute Gasteiger partial charge is 0.445 e. The highest BCUT2D eigenvalue weighted by molar-refractivity contribution is 5.82. The molecule has 1 amide bonds. The maximum atomic E-state index is 12.7. The predicted octanol–water partition coefficient (Wildman–Crippen LogP) is 2.29. The Bertz CT molecular complexity index is 705. The molecule has 0 saturated carbocycles. The van der Waals surface area contributed by atoms with Crippen LogP contribution in [0.4, 0.5) is 0 Å². The normalized spacial score (nSPS) is 20.7. The molecule has 1 aromatic carbocycles. The molecular weight excluding hydrogens is 302 g/mol. The third-order valence-electron chi connectivity index (χ3n) is 4.89. The third kappa shape index (κ3) is 3.22. The van der Waals surface area contributed by atoms with Crippen molar-refractivity contribution in [3.05, 3.63) is 53.2 Å². The molecule has 2 aliphatic rings. The van der Waals surface area contributed by atoms with Gasteiger partial charge in [-0.05, 0) is 24.9 Å². The lowest BCUT2D eigenvalue weighted by molar-refractivity contribution is -0.135. The van der Waals surface area contributed by atoms with Crippen molar-refractivity contribution in [2.75, 3.05) is 13.1 Å². The SMILES string of the molecule is O=C([C@H]1CCCCN1)N1CCc2oc(Cc3ccccc3)nc2C1. The number of hydrogen-bond donors (Lipinski definition) is 1. The number of nitrogens with one attached hydrogen (secondary N) is 1. The van der Waals surface area contributed by atoms with E-state index >= 15 is 0 Å². The summed E-state index contributed by atoms with van der Waals surface area (Å²) in [5.74, 6) is 1.91. The lowest BCUT2D eigenvalue weighted by Crippen LogP contribution is -2.49. The Morgan fingerprint density at radius 3 is 2.96 bits per heavy atom. The van der Waals surface area contributed by atoms with Gasteiger partial charge in [0, 0.05) is 19.4 Å². The first-order valence-corrected chi connectivity index (χ1v) is 8.83. The summed E-state index contributed by atoms with van der Waals surface area (Å²) in [7, 11) is 0. The van der Waals surface area contributed by atoms with Crippen molar-refractivity contribution in [1.82, 2.24) is 15.2 Å². The molecule has 1 aromatic heterocycles. The quantitative estimate of drug-likeness (QED) is 0.941. The average molecular weight is 325 g/mol. The van der Waals surface area contributed by atoms with Gasteiger partial charge in [-0.25, -0.2) is 4.98 Å². The summed E-state index contributed by atoms with van der Waals surface area (Å²) >= 11 is 0. The van der Waals surface area contributed by atoms with Gasteiger partial charge in [-0.15, -0.1) is 0 Å². The fourth-order valence-corrected chi connectivity index (χ4v) is 3.57. The highest BCUT2D eigenvalue weighted by atomic mass is 16.4. The zero-order valence-corrected chi connectivity index (χ0v) is 13.8. The molecule has 5 heteroatoms. The Morgan fingerprint density at radius 1 is 1.29 bits per heavy atom. The van der Waals surface area contributed by atoms with Crippen LogP contribution in [0.5, 0.6) is 0 Å². The molecule has 1 fully saturated rings. The molecule has 2 aromatic rings. The van der Waals surface area contributed by atoms with E-state index in [1.165, 1.54) is 12.0 Å². The molecule has 1 atom stereocenters. The molecule has 1 N–H and O–H groups in total. The van der Waals surface area contributed by atoms with Crippen molar-refractivity contribution in [2.24, 2.45) is 0 Å². The minimum Gasteiger partial charge on any atom is -0.445 e. The number of oxazole rings is 1. The first kappa shape index (κ1) is 15.4. The van der Waals surface area contributed by atoms with Crippen molar-refractivity contribution in [3.63, 3.8) is 0 Å². The molecule has 1 saturated heterocycles. The van der Waals surface area contributed by atoms with Crippen molar-refractivity contribution < 1.29 is 9.21 Å². The van der Waals surface area contributed by atoms with E-state index in [-0.39, 0.29) is 11.9 Å². The minimum absolute atomic E-state index is 0.0176. The number of rotatable bonds is 3. The van der Waals surface area contributed by atoms with Crippen LogP contribution in [0.1, 0.15) is 42.2 Å². The highest BCUT2D eigenvalue weighted by Crippen LogP contribution is 2.22. The first-order chi connectivity index (χ1) is 11.8. The number of aromatic nitrogens is 1. The van der Waals surface area contributed by atoms with Crippen LogP contribution in [-0.4, -0.2) is 34.9 Å². The topological polar surface area (TPSA) is 58.4 Å². The molecule has 0 unspecified atom stereocenters. The fraction of sp³-hybridized carbons (Fsp3) is 0.474. The predicted molar refractivity (Wildman–Crippen MR) is 90.5 cm³/mol. The highest BCUT2D eigenvalue weighted by Gasteiger charge is 2.30. The van der Waals surface area contributed by atoms with Gasteiger partial charge in [0.2, 0.25) is 5.91 Å². The maximum absolute atomic E-state index is 12.7. The van der Waals surface area contributed by atoms with Gasteiger partial charge < -0.3 is 14.6 Å². The number of carbonyl (C=O) groups is 1. The van der Waals surface area contributed by atoms with Gasteiger partial charge in [-0.2, -0.15) is 0 Å². The zero-order valence-electron chi connectivity index (χ0n) is 13.8. The molecule has 2 aliphatic heterocycles. The van der Waals surface area contributed by atoms with E-state index in [0.29, 0.717) is 13.0 Å². The van der Waals surface area contributed by atoms with Gasteiger partial charge in [-0.3, -0.25) is 4.79 Å². The molecule has 126 valence electrons. The van der Waals surface area contributed by atoms with Gasteiger partial charge in [0.15, 0.2) is 5.89 Å². The molecule has 0 spiro atoms. The molecule has 5 nitrogen and oxygen atoms in total. The lowest BCUT2D eigenvalue weighted by Gasteiger charge is -2.31. The Balaban J connectivity index is 1.44. The Labute approximate surface area is 142 Å². The van der Waals surface area contributed by atoms with Gasteiger partial charge in [0.25, 0.3) is 0 Å². The van der Waals surface area contributed by atoms with Crippen LogP contribution in [0.3, 0.4) is 0 Å². The van der Waals surface area contributed by atoms with E-state index in [0.717, 1.165) is 49.7 Å². The molecule has 3 heterocycles. The second-order valence-corrected chi connectivity index (χ2v) is 6.65. The molecular formula is C19H23N3O2. The Hall–Kier alpha value is -2.14. The second kappa shape index (κ2) is 6.77. The molecule has 4 rings (SSSR count). The molecule has 0 aliphatic carbocycles. The van der Waals surface area contributed by atoms with Crippen LogP contribution in [0.15, 0.2) is 34.7 Å². The van der Waals surface area contributed by atoms with Gasteiger partial charge >= 0.3 is 0 Å². The van der Waals surface area contributed by atoms with Crippen LogP contribution in [0.25, 0.3) is 0 Å². The number of piperidine rings is 1. The van der Waals surface area contributed by atoms with Crippen LogP contribution in [0.2, 0.25) is 0 Å². The fourth-order valence-electron chi connectivity index (χ4n) is 3.57. The van der Waals surface area contributed by atoms with Crippen LogP contribution in [0, 0.1) is 0 Å². The van der Waals surface area contributed by atoms with Crippen molar-refractivity contribution in [1.29, 1.82) is 0 Å². The first-order valence-electron chi connectivity index (χ1n) is 8.83. The van der Waals surface area contributed by atoms with Gasteiger partial charge in [0.1, 0.15) is 11.5 Å². The number of nitrogens with zero attached hydrogens (tertiary/aromatic N) is 2. The summed E-state index contributed by atoms with van der Waals surface area (Å²) < 4.78 is 5.92. The minimum atomic E-state index is -0.0176. The van der Waals surface area contributed by atoms with Crippen molar-refractivity contribution in [3.8, 4) is 0 Å². The number of fused-ring (bicyclic) bond motifs is 1. The number of amides is 1. The van der Waals surface area contributed by atoms with Crippen LogP contribution in [-0.2, 0) is 24.2 Å². The zero-order chi connectivity index (χ0) is 16.4. The summed E-state index contributed by atoms with van der Waals surface area (Å²) in [6, 6.07) is 10.2. The van der Waals surface area contributed by atoms with Crippen LogP contribution < -0.4 is 5.32 Å². The van der Waals surface area contributed by atoms with E-state index in [4.69, 9.17) is 4.42 Å². The number of benzene rings is 1. The number of hydrogen-bond acceptors (Lipinski definition) is 4. The molecule has 0 bridgehead atoms. The molecule has 0 radical (unpaired) electrons. The van der Waals surface area contributed by atoms with E-state index in [1.807, 2.05) is 23.1 Å². The van der Waals surface area contributed by atoms with Gasteiger partial charge in [-0.1, -0.05) is 36.8 Å². The van der Waals surface area contributed by atoms with E-state index < -0.39 is 0 Å². The monoisotopic (exact) mass is 325 g/mol. The second-order valence-electron chi connectivity index (χ2n) is 6.65. The average Bonchev–Trinajstić information content (AvgIpc) is 3.04. The maximum Gasteiger partial charge on any atom is 0.240 e. The molecule has 24 heavy (non-hydrogen) atoms. The number of carbonyl (C=O) groups excluding carboxylic acids is 1. The van der Waals surface area contributed by atoms with E-state index in [1.54, 1.807) is 0 Å². The van der Waals surface area contributed by atoms with Crippen LogP contribution >= 0.6 is 0 Å². The van der Waals surface area contributed by atoms with Crippen molar-refractivity contribution in [2.45, 2.75) is 44.7 Å². The Morgan fingerprint density at radius 2 is 2.17 bits per heavy atom. The summed E-state index contributed by atoms with van der Waals surface area (Å²) in [5, 5.41) is 3.34. The van der Waals surface area contributed by atoms with E-state index in [2.05, 4.69) is 22.4 Å². The summed E-state index contributed by atoms with van der Waals surface area (Å²) in [6.07, 6.45) is 4.70. The summed E-state index contributed by atoms with van der Waals surface area (Å²) in [6.45, 7) is 2.25. The third-order valence-corrected chi connectivity index (χ3v) is 4.89. The lowest BCUT2D eigenvalue weighted by atomic mass is 10.0. The van der Waals surface area contributed by atoms with Crippen molar-refractivity contribution >= 4 is 5.91 Å². The standard InChI is InChI=1S/C19H23N3O2/c23-19(15-8-4-5-10-20-15)22-11-9-17-16(13-22)21-18(24-17)12-14-6-2-1-3-7-14/h1-3,6-7,15,20H,4-5,8-13H2/t15-/m1/s1. The summed E-state index contributed by atoms with van der Waals surface area (Å²) in [4.78, 5) is 19.2. The smallest absolute Gasteiger partial charge is 0.240 e.